The van der Waals surface area contributed by atoms with Crippen molar-refractivity contribution in [3.63, 3.8) is 0 Å². The van der Waals surface area contributed by atoms with Crippen molar-refractivity contribution < 1.29 is 14.4 Å². The molecule has 0 aliphatic heterocycles. The van der Waals surface area contributed by atoms with Crippen molar-refractivity contribution in [3.05, 3.63) is 11.0 Å². The van der Waals surface area contributed by atoms with Crippen LogP contribution in [0.3, 0.4) is 0 Å². The summed E-state index contributed by atoms with van der Waals surface area (Å²) in [4.78, 5) is 30.2. The molecule has 0 amide bonds. The minimum atomic E-state index is 0.153. The molecule has 0 heterocycles. The highest BCUT2D eigenvalue weighted by Gasteiger charge is 1.96. The molecular formula is C12H22O3S2. The number of allylic oxidation sites excluding steroid dienone is 2. The van der Waals surface area contributed by atoms with Gasteiger partial charge in [0.05, 0.1) is 5.75 Å². The van der Waals surface area contributed by atoms with E-state index in [-0.39, 0.29) is 11.6 Å². The van der Waals surface area contributed by atoms with Gasteiger partial charge in [-0.2, -0.15) is 11.8 Å². The molecule has 5 heteroatoms. The van der Waals surface area contributed by atoms with Gasteiger partial charge in [0.2, 0.25) is 0 Å². The Morgan fingerprint density at radius 1 is 1.12 bits per heavy atom. The molecule has 0 aromatic carbocycles. The molecule has 0 aromatic rings. The summed E-state index contributed by atoms with van der Waals surface area (Å²) in [6.45, 7) is 6.48. The number of hydrogen-bond acceptors (Lipinski definition) is 5. The van der Waals surface area contributed by atoms with Gasteiger partial charge in [0, 0.05) is 4.91 Å². The fourth-order valence-electron chi connectivity index (χ4n) is 0.668. The van der Waals surface area contributed by atoms with Gasteiger partial charge >= 0.3 is 0 Å². The molecule has 0 saturated heterocycles. The molecule has 100 valence electrons. The van der Waals surface area contributed by atoms with Gasteiger partial charge in [-0.15, -0.1) is 11.8 Å². The Hall–Kier alpha value is -0.550. The summed E-state index contributed by atoms with van der Waals surface area (Å²) in [7, 11) is 0. The quantitative estimate of drug-likeness (QED) is 0.584. The van der Waals surface area contributed by atoms with Crippen LogP contribution < -0.4 is 0 Å². The van der Waals surface area contributed by atoms with E-state index >= 15 is 0 Å². The van der Waals surface area contributed by atoms with E-state index in [1.807, 2.05) is 25.5 Å². The zero-order valence-corrected chi connectivity index (χ0v) is 13.0. The normalized spacial score (nSPS) is 9.18. The Morgan fingerprint density at radius 2 is 1.53 bits per heavy atom. The molecule has 0 atom stereocenters. The average Bonchev–Trinajstić information content (AvgIpc) is 2.20. The van der Waals surface area contributed by atoms with Gasteiger partial charge in [-0.1, -0.05) is 6.08 Å². The maximum atomic E-state index is 10.5. The molecular weight excluding hydrogens is 256 g/mol. The van der Waals surface area contributed by atoms with Crippen LogP contribution in [0, 0.1) is 0 Å². The molecule has 0 N–H and O–H groups in total. The summed E-state index contributed by atoms with van der Waals surface area (Å²) in [5, 5.41) is 0. The Labute approximate surface area is 113 Å². The molecule has 17 heavy (non-hydrogen) atoms. The molecule has 0 rings (SSSR count). The first kappa shape index (κ1) is 21.7. The van der Waals surface area contributed by atoms with E-state index in [2.05, 4.69) is 0 Å². The number of aldehydes is 1. The molecule has 0 saturated carbocycles. The van der Waals surface area contributed by atoms with Crippen LogP contribution in [-0.2, 0) is 14.4 Å². The number of thioether (sulfide) groups is 2. The highest BCUT2D eigenvalue weighted by Crippen LogP contribution is 2.10. The van der Waals surface area contributed by atoms with Crippen molar-refractivity contribution in [2.24, 2.45) is 0 Å². The van der Waals surface area contributed by atoms with E-state index in [4.69, 9.17) is 4.79 Å². The van der Waals surface area contributed by atoms with E-state index in [1.54, 1.807) is 25.6 Å². The van der Waals surface area contributed by atoms with Crippen molar-refractivity contribution in [1.29, 1.82) is 0 Å². The van der Waals surface area contributed by atoms with Crippen LogP contribution >= 0.6 is 23.5 Å². The number of Topliss-reactive ketones (excluding diaryl/α,β-unsaturated/α-hetero) is 2. The van der Waals surface area contributed by atoms with Gasteiger partial charge in [-0.05, 0) is 40.2 Å². The van der Waals surface area contributed by atoms with Gasteiger partial charge in [0.15, 0.2) is 5.78 Å². The summed E-state index contributed by atoms with van der Waals surface area (Å²) >= 11 is 3.05. The molecule has 0 fully saturated rings. The fourth-order valence-corrected chi connectivity index (χ4v) is 1.60. The molecule has 0 unspecified atom stereocenters. The zero-order valence-electron chi connectivity index (χ0n) is 11.4. The van der Waals surface area contributed by atoms with Crippen LogP contribution in [0.5, 0.6) is 0 Å². The number of carbonyl (C=O) groups excluding carboxylic acids is 3. The third-order valence-corrected chi connectivity index (χ3v) is 2.83. The van der Waals surface area contributed by atoms with E-state index in [9.17, 15) is 9.59 Å². The highest BCUT2D eigenvalue weighted by atomic mass is 32.2. The SMILES string of the molecule is C/C=C(/SC)C(C)=O.CC=O.CSCC(C)=O. The van der Waals surface area contributed by atoms with Crippen LogP contribution in [0.1, 0.15) is 27.7 Å². The lowest BCUT2D eigenvalue weighted by atomic mass is 10.4. The fraction of sp³-hybridized carbons (Fsp3) is 0.583. The topological polar surface area (TPSA) is 51.2 Å². The maximum Gasteiger partial charge on any atom is 0.165 e. The Balaban J connectivity index is -0.000000193. The predicted octanol–water partition coefficient (Wildman–Crippen LogP) is 2.99. The van der Waals surface area contributed by atoms with Gasteiger partial charge in [-0.25, -0.2) is 0 Å². The third-order valence-electron chi connectivity index (χ3n) is 1.18. The van der Waals surface area contributed by atoms with E-state index in [1.165, 1.54) is 18.7 Å². The first-order chi connectivity index (χ1) is 7.90. The second kappa shape index (κ2) is 17.8. The smallest absolute Gasteiger partial charge is 0.165 e. The number of ketones is 2. The van der Waals surface area contributed by atoms with Gasteiger partial charge in [0.1, 0.15) is 12.1 Å². The van der Waals surface area contributed by atoms with Gasteiger partial charge < -0.3 is 4.79 Å². The Morgan fingerprint density at radius 3 is 1.53 bits per heavy atom. The van der Waals surface area contributed by atoms with Crippen LogP contribution in [0.15, 0.2) is 11.0 Å². The molecule has 0 aliphatic rings. The van der Waals surface area contributed by atoms with Crippen LogP contribution in [-0.4, -0.2) is 36.1 Å². The minimum absolute atomic E-state index is 0.153. The Bertz CT molecular complexity index is 248. The van der Waals surface area contributed by atoms with Crippen LogP contribution in [0.2, 0.25) is 0 Å². The summed E-state index contributed by atoms with van der Waals surface area (Å²) in [5.74, 6) is 1.06. The lowest BCUT2D eigenvalue weighted by Gasteiger charge is -1.92. The van der Waals surface area contributed by atoms with E-state index < -0.39 is 0 Å². The average molecular weight is 278 g/mol. The molecule has 0 aromatic heterocycles. The number of carbonyl (C=O) groups is 3. The summed E-state index contributed by atoms with van der Waals surface area (Å²) in [5.41, 5.74) is 0. The second-order valence-corrected chi connectivity index (χ2v) is 4.50. The summed E-state index contributed by atoms with van der Waals surface area (Å²) in [6.07, 6.45) is 6.39. The van der Waals surface area contributed by atoms with Gasteiger partial charge in [0.25, 0.3) is 0 Å². The largest absolute Gasteiger partial charge is 0.304 e. The van der Waals surface area contributed by atoms with Crippen molar-refractivity contribution in [2.75, 3.05) is 18.3 Å². The third kappa shape index (κ3) is 25.6. The molecule has 0 aliphatic carbocycles. The Kier molecular flexibility index (Phi) is 22.8. The van der Waals surface area contributed by atoms with Crippen molar-refractivity contribution in [3.8, 4) is 0 Å². The summed E-state index contributed by atoms with van der Waals surface area (Å²) in [6, 6.07) is 0. The van der Waals surface area contributed by atoms with E-state index in [0.29, 0.717) is 5.75 Å². The maximum absolute atomic E-state index is 10.5. The highest BCUT2D eigenvalue weighted by molar-refractivity contribution is 8.03. The van der Waals surface area contributed by atoms with Gasteiger partial charge in [-0.3, -0.25) is 9.59 Å². The number of hydrogen-bond donors (Lipinski definition) is 0. The van der Waals surface area contributed by atoms with Crippen LogP contribution in [0.25, 0.3) is 0 Å². The number of rotatable bonds is 4. The molecule has 0 bridgehead atoms. The first-order valence-electron chi connectivity index (χ1n) is 5.00. The van der Waals surface area contributed by atoms with Crippen molar-refractivity contribution >= 4 is 41.4 Å². The lowest BCUT2D eigenvalue weighted by Crippen LogP contribution is -1.90. The minimum Gasteiger partial charge on any atom is -0.304 e. The lowest BCUT2D eigenvalue weighted by molar-refractivity contribution is -0.115. The zero-order chi connectivity index (χ0) is 14.3. The summed E-state index contributed by atoms with van der Waals surface area (Å²) < 4.78 is 0. The van der Waals surface area contributed by atoms with E-state index in [0.717, 1.165) is 11.2 Å². The van der Waals surface area contributed by atoms with Crippen molar-refractivity contribution in [2.45, 2.75) is 27.7 Å². The van der Waals surface area contributed by atoms with Crippen molar-refractivity contribution in [1.82, 2.24) is 0 Å². The molecule has 3 nitrogen and oxygen atoms in total. The standard InChI is InChI=1S/C6H10OS.C4H8OS.C2H4O/c1-4-6(8-3)5(2)7;1-4(5)3-6-2;1-2-3/h4H,1-3H3;3H2,1-2H3;2H,1H3/b6-4+;;. The first-order valence-corrected chi connectivity index (χ1v) is 7.62. The molecule has 0 spiro atoms. The predicted molar refractivity (Wildman–Crippen MR) is 78.8 cm³/mol. The van der Waals surface area contributed by atoms with Crippen LogP contribution in [0.4, 0.5) is 0 Å². The monoisotopic (exact) mass is 278 g/mol. The molecule has 0 radical (unpaired) electrons. The second-order valence-electron chi connectivity index (χ2n) is 2.78.